The zero-order valence-electron chi connectivity index (χ0n) is 7.65. The third kappa shape index (κ3) is 2.42. The number of halogens is 1. The SMILES string of the molecule is Brc1ccc(Cc2ccccc2)cn1. The molecule has 0 spiro atoms. The number of aromatic nitrogens is 1. The van der Waals surface area contributed by atoms with E-state index in [9.17, 15) is 0 Å². The first-order chi connectivity index (χ1) is 6.84. The maximum absolute atomic E-state index is 4.19. The van der Waals surface area contributed by atoms with Crippen molar-refractivity contribution >= 4 is 15.9 Å². The average molecular weight is 248 g/mol. The van der Waals surface area contributed by atoms with E-state index >= 15 is 0 Å². The first-order valence-corrected chi connectivity index (χ1v) is 5.28. The number of pyridine rings is 1. The van der Waals surface area contributed by atoms with Crippen LogP contribution in [-0.4, -0.2) is 4.98 Å². The molecule has 2 aromatic rings. The van der Waals surface area contributed by atoms with E-state index in [1.165, 1.54) is 11.1 Å². The maximum atomic E-state index is 4.19. The van der Waals surface area contributed by atoms with Crippen LogP contribution in [0.2, 0.25) is 0 Å². The van der Waals surface area contributed by atoms with E-state index in [4.69, 9.17) is 0 Å². The molecule has 70 valence electrons. The molecule has 0 atom stereocenters. The van der Waals surface area contributed by atoms with Crippen LogP contribution in [0.25, 0.3) is 0 Å². The van der Waals surface area contributed by atoms with Crippen molar-refractivity contribution in [1.82, 2.24) is 4.98 Å². The van der Waals surface area contributed by atoms with Crippen molar-refractivity contribution in [3.05, 3.63) is 64.4 Å². The first kappa shape index (κ1) is 9.41. The Labute approximate surface area is 91.9 Å². The zero-order chi connectivity index (χ0) is 9.80. The number of hydrogen-bond donors (Lipinski definition) is 0. The Bertz CT molecular complexity index is 394. The fraction of sp³-hybridized carbons (Fsp3) is 0.0833. The molecule has 0 N–H and O–H groups in total. The van der Waals surface area contributed by atoms with Crippen molar-refractivity contribution in [1.29, 1.82) is 0 Å². The van der Waals surface area contributed by atoms with E-state index in [2.05, 4.69) is 51.2 Å². The maximum Gasteiger partial charge on any atom is 0.106 e. The fourth-order valence-electron chi connectivity index (χ4n) is 1.34. The molecule has 0 aliphatic rings. The van der Waals surface area contributed by atoms with Crippen LogP contribution < -0.4 is 0 Å². The minimum absolute atomic E-state index is 0.884. The summed E-state index contributed by atoms with van der Waals surface area (Å²) in [5, 5.41) is 0. The van der Waals surface area contributed by atoms with Gasteiger partial charge in [0.15, 0.2) is 0 Å². The highest BCUT2D eigenvalue weighted by Gasteiger charge is 1.95. The predicted molar refractivity (Wildman–Crippen MR) is 61.2 cm³/mol. The van der Waals surface area contributed by atoms with E-state index in [0.717, 1.165) is 11.0 Å². The predicted octanol–water partition coefficient (Wildman–Crippen LogP) is 3.43. The molecule has 14 heavy (non-hydrogen) atoms. The molecule has 0 unspecified atom stereocenters. The first-order valence-electron chi connectivity index (χ1n) is 4.49. The van der Waals surface area contributed by atoms with Gasteiger partial charge in [-0.05, 0) is 39.5 Å². The average Bonchev–Trinajstić information content (AvgIpc) is 2.23. The van der Waals surface area contributed by atoms with Crippen molar-refractivity contribution < 1.29 is 0 Å². The number of benzene rings is 1. The smallest absolute Gasteiger partial charge is 0.106 e. The van der Waals surface area contributed by atoms with Gasteiger partial charge in [0, 0.05) is 6.20 Å². The van der Waals surface area contributed by atoms with Gasteiger partial charge < -0.3 is 0 Å². The minimum Gasteiger partial charge on any atom is -0.249 e. The summed E-state index contributed by atoms with van der Waals surface area (Å²) in [5.41, 5.74) is 2.55. The molecular formula is C12H10BrN. The number of nitrogens with zero attached hydrogens (tertiary/aromatic N) is 1. The number of hydrogen-bond acceptors (Lipinski definition) is 1. The molecule has 1 aromatic carbocycles. The molecule has 1 aromatic heterocycles. The van der Waals surface area contributed by atoms with Gasteiger partial charge in [0.25, 0.3) is 0 Å². The Morgan fingerprint density at radius 2 is 1.71 bits per heavy atom. The van der Waals surface area contributed by atoms with Crippen LogP contribution >= 0.6 is 15.9 Å². The topological polar surface area (TPSA) is 12.9 Å². The van der Waals surface area contributed by atoms with Crippen LogP contribution in [0.15, 0.2) is 53.3 Å². The van der Waals surface area contributed by atoms with E-state index in [1.54, 1.807) is 0 Å². The van der Waals surface area contributed by atoms with Gasteiger partial charge in [0.2, 0.25) is 0 Å². The minimum atomic E-state index is 0.884. The number of rotatable bonds is 2. The lowest BCUT2D eigenvalue weighted by molar-refractivity contribution is 1.13. The Kier molecular flexibility index (Phi) is 2.94. The van der Waals surface area contributed by atoms with E-state index in [0.29, 0.717) is 0 Å². The van der Waals surface area contributed by atoms with Crippen molar-refractivity contribution in [2.75, 3.05) is 0 Å². The van der Waals surface area contributed by atoms with Gasteiger partial charge in [-0.15, -0.1) is 0 Å². The van der Waals surface area contributed by atoms with Crippen molar-refractivity contribution in [3.63, 3.8) is 0 Å². The highest BCUT2D eigenvalue weighted by atomic mass is 79.9. The van der Waals surface area contributed by atoms with Crippen LogP contribution in [0.4, 0.5) is 0 Å². The second-order valence-electron chi connectivity index (χ2n) is 3.15. The lowest BCUT2D eigenvalue weighted by atomic mass is 10.1. The van der Waals surface area contributed by atoms with Gasteiger partial charge in [0.1, 0.15) is 4.60 Å². The molecule has 0 saturated heterocycles. The summed E-state index contributed by atoms with van der Waals surface area (Å²) >= 11 is 3.32. The summed E-state index contributed by atoms with van der Waals surface area (Å²) in [6.45, 7) is 0. The Balaban J connectivity index is 2.16. The fourth-order valence-corrected chi connectivity index (χ4v) is 1.58. The van der Waals surface area contributed by atoms with Crippen LogP contribution in [0, 0.1) is 0 Å². The lowest BCUT2D eigenvalue weighted by Crippen LogP contribution is -1.88. The highest BCUT2D eigenvalue weighted by Crippen LogP contribution is 2.10. The normalized spacial score (nSPS) is 10.1. The molecule has 0 amide bonds. The summed E-state index contributed by atoms with van der Waals surface area (Å²) in [5.74, 6) is 0. The Morgan fingerprint density at radius 1 is 0.929 bits per heavy atom. The molecule has 0 fully saturated rings. The Hall–Kier alpha value is -1.15. The highest BCUT2D eigenvalue weighted by molar-refractivity contribution is 9.10. The third-order valence-electron chi connectivity index (χ3n) is 2.04. The standard InChI is InChI=1S/C12H10BrN/c13-12-7-6-11(9-14-12)8-10-4-2-1-3-5-10/h1-7,9H,8H2. The summed E-state index contributed by atoms with van der Waals surface area (Å²) in [7, 11) is 0. The zero-order valence-corrected chi connectivity index (χ0v) is 9.24. The lowest BCUT2D eigenvalue weighted by Gasteiger charge is -2.00. The van der Waals surface area contributed by atoms with Gasteiger partial charge in [-0.2, -0.15) is 0 Å². The van der Waals surface area contributed by atoms with Gasteiger partial charge in [-0.25, -0.2) is 4.98 Å². The van der Waals surface area contributed by atoms with Gasteiger partial charge in [-0.3, -0.25) is 0 Å². The molecule has 1 nitrogen and oxygen atoms in total. The van der Waals surface area contributed by atoms with Crippen molar-refractivity contribution in [3.8, 4) is 0 Å². The molecule has 0 bridgehead atoms. The monoisotopic (exact) mass is 247 g/mol. The third-order valence-corrected chi connectivity index (χ3v) is 2.51. The van der Waals surface area contributed by atoms with Crippen LogP contribution in [0.5, 0.6) is 0 Å². The molecular weight excluding hydrogens is 238 g/mol. The summed E-state index contributed by atoms with van der Waals surface area (Å²) in [6.07, 6.45) is 2.85. The van der Waals surface area contributed by atoms with E-state index < -0.39 is 0 Å². The molecule has 1 heterocycles. The molecule has 0 aliphatic carbocycles. The molecule has 2 heteroatoms. The molecule has 0 aliphatic heterocycles. The second kappa shape index (κ2) is 4.38. The van der Waals surface area contributed by atoms with Crippen LogP contribution in [0.1, 0.15) is 11.1 Å². The van der Waals surface area contributed by atoms with Crippen molar-refractivity contribution in [2.24, 2.45) is 0 Å². The summed E-state index contributed by atoms with van der Waals surface area (Å²) < 4.78 is 0.884. The van der Waals surface area contributed by atoms with Gasteiger partial charge in [-0.1, -0.05) is 36.4 Å². The van der Waals surface area contributed by atoms with E-state index in [-0.39, 0.29) is 0 Å². The largest absolute Gasteiger partial charge is 0.249 e. The molecule has 0 radical (unpaired) electrons. The second-order valence-corrected chi connectivity index (χ2v) is 3.96. The van der Waals surface area contributed by atoms with Gasteiger partial charge in [0.05, 0.1) is 0 Å². The van der Waals surface area contributed by atoms with Crippen LogP contribution in [0.3, 0.4) is 0 Å². The van der Waals surface area contributed by atoms with Gasteiger partial charge >= 0.3 is 0 Å². The quantitative estimate of drug-likeness (QED) is 0.742. The van der Waals surface area contributed by atoms with Crippen molar-refractivity contribution in [2.45, 2.75) is 6.42 Å². The summed E-state index contributed by atoms with van der Waals surface area (Å²) in [6, 6.07) is 14.5. The molecule has 0 saturated carbocycles. The summed E-state index contributed by atoms with van der Waals surface area (Å²) in [4.78, 5) is 4.19. The van der Waals surface area contributed by atoms with Crippen LogP contribution in [-0.2, 0) is 6.42 Å². The van der Waals surface area contributed by atoms with E-state index in [1.807, 2.05) is 18.3 Å². The molecule has 2 rings (SSSR count). The Morgan fingerprint density at radius 3 is 2.36 bits per heavy atom.